The Balaban J connectivity index is 1.82. The van der Waals surface area contributed by atoms with Crippen molar-refractivity contribution in [1.82, 2.24) is 30.7 Å². The van der Waals surface area contributed by atoms with Gasteiger partial charge in [-0.1, -0.05) is 52.7 Å². The van der Waals surface area contributed by atoms with Gasteiger partial charge in [0.25, 0.3) is 0 Å². The number of nitrogens with one attached hydrogen (secondary N) is 3. The Kier molecular flexibility index (Phi) is 14.5. The number of rotatable bonds is 8. The van der Waals surface area contributed by atoms with Gasteiger partial charge < -0.3 is 40.1 Å². The molecule has 3 fully saturated rings. The van der Waals surface area contributed by atoms with Crippen LogP contribution in [-0.2, 0) is 44.7 Å². The minimum atomic E-state index is -1.38. The van der Waals surface area contributed by atoms with Crippen LogP contribution in [0.2, 0.25) is 0 Å². The third-order valence-electron chi connectivity index (χ3n) is 11.3. The Morgan fingerprint density at radius 2 is 1.39 bits per heavy atom. The van der Waals surface area contributed by atoms with Crippen molar-refractivity contribution in [2.24, 2.45) is 11.8 Å². The minimum absolute atomic E-state index is 0.0874. The molecule has 3 heterocycles. The van der Waals surface area contributed by atoms with Gasteiger partial charge in [-0.05, 0) is 62.1 Å². The molecule has 298 valence electrons. The molecular weight excluding hydrogens is 696 g/mol. The van der Waals surface area contributed by atoms with Crippen LogP contribution in [-0.4, -0.2) is 126 Å². The van der Waals surface area contributed by atoms with E-state index in [4.69, 9.17) is 9.47 Å². The van der Waals surface area contributed by atoms with E-state index in [1.807, 2.05) is 20.8 Å². The zero-order valence-electron chi connectivity index (χ0n) is 32.9. The summed E-state index contributed by atoms with van der Waals surface area (Å²) in [6.45, 7) is 10.6. The van der Waals surface area contributed by atoms with Gasteiger partial charge in [-0.15, -0.1) is 0 Å². The number of methoxy groups -OCH3 is 1. The number of cyclic esters (lactones) is 1. The molecule has 15 heteroatoms. The number of nitrogens with zero attached hydrogens (tertiary/aromatic N) is 3. The van der Waals surface area contributed by atoms with E-state index >= 15 is 0 Å². The molecule has 4 rings (SSSR count). The number of fused-ring (bicyclic) bond motifs is 2. The summed E-state index contributed by atoms with van der Waals surface area (Å²) in [7, 11) is 3.07. The first-order valence-electron chi connectivity index (χ1n) is 19.2. The summed E-state index contributed by atoms with van der Waals surface area (Å²) < 4.78 is 11.1. The maximum Gasteiger partial charge on any atom is 0.329 e. The van der Waals surface area contributed by atoms with Crippen molar-refractivity contribution < 1.29 is 43.0 Å². The van der Waals surface area contributed by atoms with Crippen LogP contribution in [0.15, 0.2) is 24.3 Å². The molecule has 0 saturated carbocycles. The Morgan fingerprint density at radius 1 is 0.852 bits per heavy atom. The summed E-state index contributed by atoms with van der Waals surface area (Å²) in [5.74, 6) is -4.13. The Labute approximate surface area is 318 Å². The van der Waals surface area contributed by atoms with Crippen LogP contribution in [0.25, 0.3) is 0 Å². The van der Waals surface area contributed by atoms with Gasteiger partial charge in [-0.2, -0.15) is 0 Å². The summed E-state index contributed by atoms with van der Waals surface area (Å²) >= 11 is 0. The number of likely N-dealkylation sites (N-methyl/N-ethyl adjacent to an activating group) is 1. The average molecular weight is 755 g/mol. The Hall–Kier alpha value is -4.69. The molecule has 0 aliphatic carbocycles. The first kappa shape index (κ1) is 42.1. The molecule has 0 bridgehead atoms. The van der Waals surface area contributed by atoms with Crippen molar-refractivity contribution in [2.75, 3.05) is 27.2 Å². The molecule has 3 N–H and O–H groups in total. The van der Waals surface area contributed by atoms with Gasteiger partial charge in [0.05, 0.1) is 7.11 Å². The maximum absolute atomic E-state index is 14.4. The van der Waals surface area contributed by atoms with E-state index in [0.717, 1.165) is 5.56 Å². The van der Waals surface area contributed by atoms with E-state index in [0.29, 0.717) is 50.8 Å². The van der Waals surface area contributed by atoms with E-state index in [1.165, 1.54) is 35.6 Å². The second kappa shape index (κ2) is 18.6. The second-order valence-corrected chi connectivity index (χ2v) is 15.0. The SMILES string of the molecule is CC[C@@H](C)[C@H]1NC(=O)[C@@H](NC(C)=O)[C@@H](C)OC(=O)[C@H]([C@@H](C)CC)NC(=O)[C@H](Cc2ccc(OC)cc2)N(C)C(=O)C2CCCN2C(=O)[C@@H]2CCCN2C1=O. The molecule has 1 aromatic rings. The summed E-state index contributed by atoms with van der Waals surface area (Å²) in [6, 6.07) is 0.658. The number of hydrogen-bond donors (Lipinski definition) is 3. The molecule has 6 amide bonds. The summed E-state index contributed by atoms with van der Waals surface area (Å²) in [5, 5.41) is 8.22. The predicted molar refractivity (Wildman–Crippen MR) is 199 cm³/mol. The van der Waals surface area contributed by atoms with Crippen LogP contribution in [0.3, 0.4) is 0 Å². The highest BCUT2D eigenvalue weighted by molar-refractivity contribution is 5.98. The van der Waals surface area contributed by atoms with Crippen LogP contribution in [0.4, 0.5) is 0 Å². The molecule has 9 atom stereocenters. The number of benzene rings is 1. The van der Waals surface area contributed by atoms with E-state index in [9.17, 15) is 33.6 Å². The highest BCUT2D eigenvalue weighted by atomic mass is 16.5. The van der Waals surface area contributed by atoms with E-state index in [1.54, 1.807) is 38.3 Å². The van der Waals surface area contributed by atoms with Gasteiger partial charge in [-0.3, -0.25) is 28.8 Å². The van der Waals surface area contributed by atoms with E-state index in [2.05, 4.69) is 16.0 Å². The summed E-state index contributed by atoms with van der Waals surface area (Å²) in [6.07, 6.45) is 1.74. The van der Waals surface area contributed by atoms with E-state index in [-0.39, 0.29) is 24.8 Å². The number of ether oxygens (including phenoxy) is 2. The first-order valence-corrected chi connectivity index (χ1v) is 19.2. The van der Waals surface area contributed by atoms with Crippen molar-refractivity contribution in [3.05, 3.63) is 29.8 Å². The molecule has 3 aliphatic rings. The van der Waals surface area contributed by atoms with Gasteiger partial charge in [0.1, 0.15) is 48.1 Å². The molecule has 3 saturated heterocycles. The van der Waals surface area contributed by atoms with Crippen LogP contribution in [0.5, 0.6) is 5.75 Å². The van der Waals surface area contributed by atoms with Crippen LogP contribution < -0.4 is 20.7 Å². The fourth-order valence-electron chi connectivity index (χ4n) is 7.51. The maximum atomic E-state index is 14.4. The lowest BCUT2D eigenvalue weighted by Gasteiger charge is -2.36. The number of esters is 1. The molecule has 3 aliphatic heterocycles. The van der Waals surface area contributed by atoms with Crippen LogP contribution >= 0.6 is 0 Å². The third kappa shape index (κ3) is 9.51. The number of carbonyl (C=O) groups is 7. The average Bonchev–Trinajstić information content (AvgIpc) is 3.86. The first-order chi connectivity index (χ1) is 25.6. The minimum Gasteiger partial charge on any atom is -0.497 e. The quantitative estimate of drug-likeness (QED) is 0.332. The number of hydrogen-bond acceptors (Lipinski definition) is 9. The standard InChI is InChI=1S/C39H58N6O9/c1-9-22(3)31-38(51)45-20-12-14-29(45)37(50)44-19-11-13-28(44)36(49)43(7)30(21-26-15-17-27(53-8)18-16-26)34(47)42-32(23(4)10-2)39(52)54-24(5)33(35(48)41-31)40-25(6)46/h15-18,22-24,28-33H,9-14,19-21H2,1-8H3,(H,40,46)(H,41,48)(H,42,47)/t22-,23+,24-,28?,29+,30+,31-,32+,33+/m1/s1. The highest BCUT2D eigenvalue weighted by Gasteiger charge is 2.46. The smallest absolute Gasteiger partial charge is 0.329 e. The van der Waals surface area contributed by atoms with Gasteiger partial charge in [0, 0.05) is 33.5 Å². The lowest BCUT2D eigenvalue weighted by atomic mass is 9.96. The highest BCUT2D eigenvalue weighted by Crippen LogP contribution is 2.28. The fraction of sp³-hybridized carbons (Fsp3) is 0.667. The van der Waals surface area contributed by atoms with Crippen molar-refractivity contribution >= 4 is 41.4 Å². The van der Waals surface area contributed by atoms with Crippen molar-refractivity contribution in [2.45, 2.75) is 129 Å². The molecule has 1 unspecified atom stereocenters. The summed E-state index contributed by atoms with van der Waals surface area (Å²) in [5.41, 5.74) is 0.727. The fourth-order valence-corrected chi connectivity index (χ4v) is 7.51. The van der Waals surface area contributed by atoms with Gasteiger partial charge in [0.2, 0.25) is 35.4 Å². The lowest BCUT2D eigenvalue weighted by molar-refractivity contribution is -0.158. The van der Waals surface area contributed by atoms with Crippen molar-refractivity contribution in [1.29, 1.82) is 0 Å². The number of carbonyl (C=O) groups excluding carboxylic acids is 7. The Bertz CT molecular complexity index is 1550. The zero-order chi connectivity index (χ0) is 39.9. The van der Waals surface area contributed by atoms with Crippen molar-refractivity contribution in [3.63, 3.8) is 0 Å². The lowest BCUT2D eigenvalue weighted by Crippen LogP contribution is -2.61. The summed E-state index contributed by atoms with van der Waals surface area (Å²) in [4.78, 5) is 102. The topological polar surface area (TPSA) is 184 Å². The normalized spacial score (nSPS) is 28.8. The molecule has 0 aromatic heterocycles. The molecule has 0 radical (unpaired) electrons. The van der Waals surface area contributed by atoms with Crippen LogP contribution in [0, 0.1) is 11.8 Å². The molecule has 1 aromatic carbocycles. The van der Waals surface area contributed by atoms with Crippen LogP contribution in [0.1, 0.15) is 85.6 Å². The predicted octanol–water partition coefficient (Wildman–Crippen LogP) is 1.56. The Morgan fingerprint density at radius 3 is 1.94 bits per heavy atom. The molecule has 54 heavy (non-hydrogen) atoms. The number of amides is 6. The largest absolute Gasteiger partial charge is 0.497 e. The van der Waals surface area contributed by atoms with Gasteiger partial charge >= 0.3 is 5.97 Å². The van der Waals surface area contributed by atoms with Gasteiger partial charge in [-0.25, -0.2) is 4.79 Å². The van der Waals surface area contributed by atoms with Crippen molar-refractivity contribution in [3.8, 4) is 5.75 Å². The molecular formula is C39H58N6O9. The molecule has 0 spiro atoms. The second-order valence-electron chi connectivity index (χ2n) is 15.0. The zero-order valence-corrected chi connectivity index (χ0v) is 32.9. The molecule has 15 nitrogen and oxygen atoms in total. The van der Waals surface area contributed by atoms with E-state index < -0.39 is 83.8 Å². The van der Waals surface area contributed by atoms with Gasteiger partial charge in [0.15, 0.2) is 0 Å². The third-order valence-corrected chi connectivity index (χ3v) is 11.3. The monoisotopic (exact) mass is 754 g/mol.